The fraction of sp³-hybridized carbons (Fsp3) is 1.00. The van der Waals surface area contributed by atoms with Crippen molar-refractivity contribution in [2.24, 2.45) is 29.1 Å². The van der Waals surface area contributed by atoms with Crippen LogP contribution in [-0.4, -0.2) is 37.2 Å². The van der Waals surface area contributed by atoms with Crippen molar-refractivity contribution in [1.29, 1.82) is 0 Å². The third-order valence-electron chi connectivity index (χ3n) is 6.49. The summed E-state index contributed by atoms with van der Waals surface area (Å²) in [5.41, 5.74) is 0.306. The van der Waals surface area contributed by atoms with Gasteiger partial charge in [-0.25, -0.2) is 0 Å². The maximum absolute atomic E-state index is 6.24. The molecule has 22 heavy (non-hydrogen) atoms. The van der Waals surface area contributed by atoms with Gasteiger partial charge < -0.3 is 9.64 Å². The quantitative estimate of drug-likeness (QED) is 0.668. The number of rotatable bonds is 7. The molecule has 1 saturated heterocycles. The van der Waals surface area contributed by atoms with E-state index in [4.69, 9.17) is 4.74 Å². The standard InChI is InChI=1S/C20H39NO/c1-15(2)18-12-21(13-18)11-17-7-9-19(10-8-17)22-14-20(5,6)16(3)4/h15-19H,7-14H2,1-6H3. The van der Waals surface area contributed by atoms with Gasteiger partial charge in [-0.15, -0.1) is 0 Å². The molecule has 2 fully saturated rings. The van der Waals surface area contributed by atoms with Crippen molar-refractivity contribution >= 4 is 0 Å². The van der Waals surface area contributed by atoms with Gasteiger partial charge in [-0.2, -0.15) is 0 Å². The summed E-state index contributed by atoms with van der Waals surface area (Å²) in [5, 5.41) is 0. The molecule has 1 heterocycles. The largest absolute Gasteiger partial charge is 0.378 e. The lowest BCUT2D eigenvalue weighted by Gasteiger charge is -2.44. The number of likely N-dealkylation sites (tertiary alicyclic amines) is 1. The molecule has 2 aliphatic rings. The third-order valence-corrected chi connectivity index (χ3v) is 6.49. The molecule has 0 unspecified atom stereocenters. The van der Waals surface area contributed by atoms with Crippen LogP contribution in [0.1, 0.15) is 67.2 Å². The first-order valence-electron chi connectivity index (χ1n) is 9.62. The van der Waals surface area contributed by atoms with Gasteiger partial charge in [0.15, 0.2) is 0 Å². The van der Waals surface area contributed by atoms with Crippen LogP contribution in [-0.2, 0) is 4.74 Å². The maximum atomic E-state index is 6.24. The fourth-order valence-corrected chi connectivity index (χ4v) is 3.53. The van der Waals surface area contributed by atoms with Crippen LogP contribution in [0.3, 0.4) is 0 Å². The fourth-order valence-electron chi connectivity index (χ4n) is 3.53. The van der Waals surface area contributed by atoms with Crippen LogP contribution in [0.2, 0.25) is 0 Å². The van der Waals surface area contributed by atoms with E-state index >= 15 is 0 Å². The molecule has 0 amide bonds. The van der Waals surface area contributed by atoms with E-state index < -0.39 is 0 Å². The predicted octanol–water partition coefficient (Wildman–Crippen LogP) is 4.83. The minimum absolute atomic E-state index is 0.306. The highest BCUT2D eigenvalue weighted by atomic mass is 16.5. The molecule has 0 radical (unpaired) electrons. The van der Waals surface area contributed by atoms with Crippen LogP contribution in [0.25, 0.3) is 0 Å². The van der Waals surface area contributed by atoms with E-state index in [1.807, 2.05) is 0 Å². The normalized spacial score (nSPS) is 28.4. The van der Waals surface area contributed by atoms with Crippen molar-refractivity contribution < 1.29 is 4.74 Å². The predicted molar refractivity (Wildman–Crippen MR) is 95.1 cm³/mol. The molecule has 130 valence electrons. The smallest absolute Gasteiger partial charge is 0.0575 e. The van der Waals surface area contributed by atoms with E-state index in [1.54, 1.807) is 0 Å². The zero-order chi connectivity index (χ0) is 16.3. The number of hydrogen-bond acceptors (Lipinski definition) is 2. The number of hydrogen-bond donors (Lipinski definition) is 0. The lowest BCUT2D eigenvalue weighted by Crippen LogP contribution is -2.50. The molecule has 1 aliphatic carbocycles. The van der Waals surface area contributed by atoms with Gasteiger partial charge in [0.1, 0.15) is 0 Å². The topological polar surface area (TPSA) is 12.5 Å². The van der Waals surface area contributed by atoms with Gasteiger partial charge >= 0.3 is 0 Å². The Morgan fingerprint density at radius 2 is 1.59 bits per heavy atom. The Hall–Kier alpha value is -0.0800. The van der Waals surface area contributed by atoms with E-state index in [2.05, 4.69) is 46.4 Å². The molecule has 0 bridgehead atoms. The first kappa shape index (κ1) is 18.3. The van der Waals surface area contributed by atoms with Crippen molar-refractivity contribution in [2.75, 3.05) is 26.2 Å². The molecule has 2 heteroatoms. The van der Waals surface area contributed by atoms with Gasteiger partial charge in [0.2, 0.25) is 0 Å². The van der Waals surface area contributed by atoms with Crippen molar-refractivity contribution in [2.45, 2.75) is 73.3 Å². The van der Waals surface area contributed by atoms with Crippen molar-refractivity contribution in [3.8, 4) is 0 Å². The van der Waals surface area contributed by atoms with Gasteiger partial charge in [-0.1, -0.05) is 41.5 Å². The van der Waals surface area contributed by atoms with Gasteiger partial charge in [-0.05, 0) is 54.8 Å². The second kappa shape index (κ2) is 7.66. The Labute approximate surface area is 139 Å². The summed E-state index contributed by atoms with van der Waals surface area (Å²) in [6.45, 7) is 18.9. The van der Waals surface area contributed by atoms with Crippen LogP contribution in [0.15, 0.2) is 0 Å². The summed E-state index contributed by atoms with van der Waals surface area (Å²) in [7, 11) is 0. The van der Waals surface area contributed by atoms with Gasteiger partial charge in [-0.3, -0.25) is 0 Å². The number of nitrogens with zero attached hydrogens (tertiary/aromatic N) is 1. The zero-order valence-corrected chi connectivity index (χ0v) is 15.9. The summed E-state index contributed by atoms with van der Waals surface area (Å²) in [4.78, 5) is 2.68. The van der Waals surface area contributed by atoms with Crippen LogP contribution in [0, 0.1) is 29.1 Å². The second-order valence-corrected chi connectivity index (χ2v) is 9.32. The van der Waals surface area contributed by atoms with E-state index in [9.17, 15) is 0 Å². The second-order valence-electron chi connectivity index (χ2n) is 9.32. The average Bonchev–Trinajstić information content (AvgIpc) is 2.41. The molecule has 0 atom stereocenters. The summed E-state index contributed by atoms with van der Waals surface area (Å²) >= 11 is 0. The average molecular weight is 310 g/mol. The molecule has 1 saturated carbocycles. The first-order chi connectivity index (χ1) is 10.3. The van der Waals surface area contributed by atoms with Crippen LogP contribution in [0.4, 0.5) is 0 Å². The minimum Gasteiger partial charge on any atom is -0.378 e. The molecule has 0 spiro atoms. The van der Waals surface area contributed by atoms with Crippen LogP contribution in [0.5, 0.6) is 0 Å². The van der Waals surface area contributed by atoms with Crippen molar-refractivity contribution in [1.82, 2.24) is 4.90 Å². The van der Waals surface area contributed by atoms with E-state index in [-0.39, 0.29) is 0 Å². The molecule has 0 aromatic carbocycles. The molecular formula is C20H39NO. The summed E-state index contributed by atoms with van der Waals surface area (Å²) in [6, 6.07) is 0. The molecule has 0 aromatic heterocycles. The Kier molecular flexibility index (Phi) is 6.36. The molecular weight excluding hydrogens is 270 g/mol. The zero-order valence-electron chi connectivity index (χ0n) is 15.9. The summed E-state index contributed by atoms with van der Waals surface area (Å²) in [5.74, 6) is 3.43. The maximum Gasteiger partial charge on any atom is 0.0575 e. The van der Waals surface area contributed by atoms with E-state index in [0.717, 1.165) is 24.4 Å². The van der Waals surface area contributed by atoms with Crippen molar-refractivity contribution in [3.05, 3.63) is 0 Å². The van der Waals surface area contributed by atoms with Crippen LogP contribution < -0.4 is 0 Å². The molecule has 1 aliphatic heterocycles. The number of ether oxygens (including phenoxy) is 1. The third kappa shape index (κ3) is 4.96. The lowest BCUT2D eigenvalue weighted by atomic mass is 9.81. The molecule has 0 N–H and O–H groups in total. The SMILES string of the molecule is CC(C)C1CN(CC2CCC(OCC(C)(C)C(C)C)CC2)C1. The Morgan fingerprint density at radius 1 is 1.00 bits per heavy atom. The first-order valence-corrected chi connectivity index (χ1v) is 9.62. The van der Waals surface area contributed by atoms with Crippen molar-refractivity contribution in [3.63, 3.8) is 0 Å². The lowest BCUT2D eigenvalue weighted by molar-refractivity contribution is -0.0399. The van der Waals surface area contributed by atoms with Gasteiger partial charge in [0, 0.05) is 19.6 Å². The summed E-state index contributed by atoms with van der Waals surface area (Å²) in [6.07, 6.45) is 5.82. The Bertz CT molecular complexity index is 323. The molecule has 2 rings (SSSR count). The van der Waals surface area contributed by atoms with Gasteiger partial charge in [0.05, 0.1) is 12.7 Å². The van der Waals surface area contributed by atoms with Gasteiger partial charge in [0.25, 0.3) is 0 Å². The van der Waals surface area contributed by atoms with E-state index in [1.165, 1.54) is 45.3 Å². The highest BCUT2D eigenvalue weighted by Gasteiger charge is 2.32. The molecule has 2 nitrogen and oxygen atoms in total. The Morgan fingerprint density at radius 3 is 2.09 bits per heavy atom. The van der Waals surface area contributed by atoms with Crippen LogP contribution >= 0.6 is 0 Å². The van der Waals surface area contributed by atoms with E-state index in [0.29, 0.717) is 17.4 Å². The minimum atomic E-state index is 0.306. The summed E-state index contributed by atoms with van der Waals surface area (Å²) < 4.78 is 6.24. The highest BCUT2D eigenvalue weighted by molar-refractivity contribution is 4.85. The molecule has 0 aromatic rings. The monoisotopic (exact) mass is 309 g/mol. The highest BCUT2D eigenvalue weighted by Crippen LogP contribution is 2.32. The Balaban J connectivity index is 1.60.